The molecule has 0 saturated heterocycles. The second-order valence-electron chi connectivity index (χ2n) is 36.7. The monoisotopic (exact) mass is 1410 g/mol. The third-order valence-electron chi connectivity index (χ3n) is 23.3. The Hall–Kier alpha value is -11.1. The number of hydrogen-bond donors (Lipinski definition) is 0. The van der Waals surface area contributed by atoms with Crippen molar-refractivity contribution in [3.05, 3.63) is 311 Å². The van der Waals surface area contributed by atoms with E-state index in [0.29, 0.717) is 11.1 Å². The average Bonchev–Trinajstić information content (AvgIpc) is 1.36. The van der Waals surface area contributed by atoms with Crippen LogP contribution in [0.2, 0.25) is 0 Å². The Morgan fingerprint density at radius 1 is 0.287 bits per heavy atom. The van der Waals surface area contributed by atoms with E-state index in [9.17, 15) is 2.74 Å². The summed E-state index contributed by atoms with van der Waals surface area (Å²) >= 11 is 0. The van der Waals surface area contributed by atoms with Gasteiger partial charge in [0.25, 0.3) is 0 Å². The lowest BCUT2D eigenvalue weighted by Gasteiger charge is -2.47. The van der Waals surface area contributed by atoms with Gasteiger partial charge >= 0.3 is 0 Å². The standard InChI is InChI=1S/C103H98N4O/c1-98(2,3)66-41-48-83-78(53-66)79-54-67(99(4,5)6)42-49-84(79)104(83)72-45-46-75-90(61-72)107(95-76(63-32-24-20-25-33-63)57-70(102(13,14)15)58-77(95)64-34-26-21-27-35-64)92-60-71(103(16,17)18)59-91-94(92)93(75)82-52-65(62-30-22-19-23-31-62)40-47-87(82)106(91)89-39-29-37-74-73-36-28-38-88(96(73)108-97(74)89)105-85-50-43-68(100(7,8)9)55-80(85)81-56-69(101(10,11)12)44-51-86(81)105/h19-61,93H,1-18H3/i19D,22D,23D,30D,31D. The van der Waals surface area contributed by atoms with E-state index in [-0.39, 0.29) is 56.8 Å². The highest BCUT2D eigenvalue weighted by atomic mass is 16.3. The molecule has 0 amide bonds. The molecule has 16 aromatic rings. The van der Waals surface area contributed by atoms with Crippen LogP contribution in [0.25, 0.3) is 110 Å². The molecule has 1 atom stereocenters. The first kappa shape index (κ1) is 63.0. The highest BCUT2D eigenvalue weighted by Crippen LogP contribution is 2.64. The second kappa shape index (κ2) is 24.2. The molecule has 0 bridgehead atoms. The number of furan rings is 1. The molecule has 1 unspecified atom stereocenters. The minimum atomic E-state index is -0.504. The summed E-state index contributed by atoms with van der Waals surface area (Å²) in [5, 5.41) is 6.71. The average molecular weight is 1410 g/mol. The Labute approximate surface area is 644 Å². The molecule has 0 aliphatic carbocycles. The Morgan fingerprint density at radius 2 is 0.722 bits per heavy atom. The van der Waals surface area contributed by atoms with Gasteiger partial charge in [0.2, 0.25) is 0 Å². The molecule has 0 spiro atoms. The van der Waals surface area contributed by atoms with Gasteiger partial charge in [0.1, 0.15) is 0 Å². The fourth-order valence-electron chi connectivity index (χ4n) is 17.2. The van der Waals surface area contributed by atoms with Crippen LogP contribution in [0.15, 0.2) is 265 Å². The Morgan fingerprint density at radius 3 is 1.19 bits per heavy atom. The molecule has 5 nitrogen and oxygen atoms in total. The second-order valence-corrected chi connectivity index (χ2v) is 36.7. The molecule has 0 saturated carbocycles. The Bertz CT molecular complexity index is 6450. The number of benzene rings is 13. The predicted octanol–water partition coefficient (Wildman–Crippen LogP) is 29.3. The zero-order valence-corrected chi connectivity index (χ0v) is 65.7. The summed E-state index contributed by atoms with van der Waals surface area (Å²) in [5.41, 5.74) is 27.8. The third kappa shape index (κ3) is 11.1. The van der Waals surface area contributed by atoms with Crippen molar-refractivity contribution < 1.29 is 11.3 Å². The van der Waals surface area contributed by atoms with Crippen LogP contribution in [0.4, 0.5) is 34.1 Å². The SMILES string of the molecule is [2H]c1c([2H])c([2H])c(-c2ccc3c(c2)C2c4ccc(-n5c6ccc(C(C)(C)C)cc6c6cc(C(C)(C)C)ccc65)cc4N(c4c(-c5ccccc5)cc(C(C)(C)C)cc4-c4ccccc4)c4cc(C(C)(C)C)cc(c42)N3c2cccc3c2oc2c(-n4c5ccc(C(C)(C)C)cc5c5cc(C(C)(C)C)ccc54)cccc23)c([2H])c1[2H]. The third-order valence-corrected chi connectivity index (χ3v) is 23.3. The summed E-state index contributed by atoms with van der Waals surface area (Å²) in [4.78, 5) is 5.03. The molecule has 2 aliphatic rings. The Balaban J connectivity index is 0.983. The normalized spacial score (nSPS) is 14.9. The van der Waals surface area contributed by atoms with Crippen molar-refractivity contribution in [1.29, 1.82) is 0 Å². The van der Waals surface area contributed by atoms with Crippen molar-refractivity contribution in [3.8, 4) is 44.8 Å². The van der Waals surface area contributed by atoms with Crippen molar-refractivity contribution >= 4 is 99.7 Å². The maximum atomic E-state index is 9.66. The van der Waals surface area contributed by atoms with Gasteiger partial charge in [-0.05, 0) is 208 Å². The van der Waals surface area contributed by atoms with Crippen molar-refractivity contribution in [3.63, 3.8) is 0 Å². The Kier molecular flexibility index (Phi) is 14.1. The summed E-state index contributed by atoms with van der Waals surface area (Å²) < 4.78 is 59.2. The number of nitrogens with zero attached hydrogens (tertiary/aromatic N) is 4. The number of anilines is 6. The first-order valence-electron chi connectivity index (χ1n) is 41.0. The van der Waals surface area contributed by atoms with Crippen molar-refractivity contribution in [2.45, 2.75) is 163 Å². The molecule has 108 heavy (non-hydrogen) atoms. The van der Waals surface area contributed by atoms with Crippen LogP contribution in [-0.2, 0) is 32.5 Å². The van der Waals surface area contributed by atoms with Crippen molar-refractivity contribution in [2.75, 3.05) is 9.80 Å². The van der Waals surface area contributed by atoms with Crippen molar-refractivity contribution in [1.82, 2.24) is 9.13 Å². The van der Waals surface area contributed by atoms with E-state index in [0.717, 1.165) is 128 Å². The maximum Gasteiger partial charge on any atom is 0.159 e. The van der Waals surface area contributed by atoms with Crippen LogP contribution < -0.4 is 9.80 Å². The molecule has 5 heteroatoms. The zero-order chi connectivity index (χ0) is 79.6. The molecular weight excluding hydrogens is 1310 g/mol. The minimum absolute atomic E-state index is 0.0818. The fraction of sp³-hybridized carbons (Fsp3) is 0.243. The molecule has 536 valence electrons. The number of para-hydroxylation sites is 2. The summed E-state index contributed by atoms with van der Waals surface area (Å²) in [6.45, 7) is 41.4. The first-order chi connectivity index (χ1) is 53.4. The molecular formula is C103H98N4O. The molecule has 13 aromatic carbocycles. The topological polar surface area (TPSA) is 29.5 Å². The lowest BCUT2D eigenvalue weighted by molar-refractivity contribution is 0.589. The van der Waals surface area contributed by atoms with Gasteiger partial charge in [-0.25, -0.2) is 0 Å². The van der Waals surface area contributed by atoms with Crippen LogP contribution in [-0.4, -0.2) is 9.13 Å². The largest absolute Gasteiger partial charge is 0.452 e. The van der Waals surface area contributed by atoms with E-state index in [1.54, 1.807) is 0 Å². The quantitative estimate of drug-likeness (QED) is 0.159. The van der Waals surface area contributed by atoms with Gasteiger partial charge in [0, 0.05) is 60.6 Å². The summed E-state index contributed by atoms with van der Waals surface area (Å²) in [6, 6.07) is 84.5. The van der Waals surface area contributed by atoms with Gasteiger partial charge in [-0.1, -0.05) is 276 Å². The molecule has 18 rings (SSSR count). The molecule has 5 heterocycles. The number of rotatable bonds is 7. The summed E-state index contributed by atoms with van der Waals surface area (Å²) in [7, 11) is 0. The lowest BCUT2D eigenvalue weighted by Crippen LogP contribution is -2.31. The van der Waals surface area contributed by atoms with Gasteiger partial charge in [0.15, 0.2) is 11.2 Å². The predicted molar refractivity (Wildman–Crippen MR) is 461 cm³/mol. The van der Waals surface area contributed by atoms with E-state index in [4.69, 9.17) is 8.53 Å². The van der Waals surface area contributed by atoms with E-state index in [2.05, 4.69) is 368 Å². The van der Waals surface area contributed by atoms with Gasteiger partial charge < -0.3 is 23.4 Å². The van der Waals surface area contributed by atoms with Crippen LogP contribution in [0, 0.1) is 0 Å². The minimum Gasteiger partial charge on any atom is -0.452 e. The lowest BCUT2D eigenvalue weighted by atomic mass is 9.73. The van der Waals surface area contributed by atoms with E-state index >= 15 is 0 Å². The number of hydrogen-bond acceptors (Lipinski definition) is 3. The van der Waals surface area contributed by atoms with E-state index in [1.165, 1.54) is 49.4 Å². The van der Waals surface area contributed by atoms with Gasteiger partial charge in [0.05, 0.1) is 68.7 Å². The summed E-state index contributed by atoms with van der Waals surface area (Å²) in [5.74, 6) is -0.504. The van der Waals surface area contributed by atoms with Gasteiger partial charge in [-0.15, -0.1) is 0 Å². The van der Waals surface area contributed by atoms with Crippen LogP contribution in [0.3, 0.4) is 0 Å². The van der Waals surface area contributed by atoms with Crippen molar-refractivity contribution in [2.24, 2.45) is 0 Å². The summed E-state index contributed by atoms with van der Waals surface area (Å²) in [6.07, 6.45) is 0. The molecule has 3 aromatic heterocycles. The highest BCUT2D eigenvalue weighted by Gasteiger charge is 2.45. The van der Waals surface area contributed by atoms with Gasteiger partial charge in [-0.3, -0.25) is 0 Å². The molecule has 0 radical (unpaired) electrons. The van der Waals surface area contributed by atoms with Gasteiger partial charge in [-0.2, -0.15) is 0 Å². The van der Waals surface area contributed by atoms with Crippen LogP contribution in [0.5, 0.6) is 0 Å². The first-order valence-corrected chi connectivity index (χ1v) is 38.5. The van der Waals surface area contributed by atoms with E-state index < -0.39 is 17.4 Å². The van der Waals surface area contributed by atoms with E-state index in [1.807, 2.05) is 6.07 Å². The van der Waals surface area contributed by atoms with Crippen LogP contribution >= 0.6 is 0 Å². The molecule has 2 aliphatic heterocycles. The molecule has 0 N–H and O–H groups in total. The maximum absolute atomic E-state index is 9.66. The number of fused-ring (bicyclic) bond motifs is 13. The zero-order valence-electron chi connectivity index (χ0n) is 70.7. The number of aromatic nitrogens is 2. The van der Waals surface area contributed by atoms with Crippen LogP contribution in [0.1, 0.15) is 187 Å². The highest BCUT2D eigenvalue weighted by molar-refractivity contribution is 6.17. The fourth-order valence-corrected chi connectivity index (χ4v) is 17.2. The molecule has 0 fully saturated rings. The smallest absolute Gasteiger partial charge is 0.159 e.